The van der Waals surface area contributed by atoms with Crippen molar-refractivity contribution in [2.24, 2.45) is 0 Å². The van der Waals surface area contributed by atoms with Gasteiger partial charge in [-0.1, -0.05) is 6.92 Å². The fourth-order valence-corrected chi connectivity index (χ4v) is 2.28. The highest BCUT2D eigenvalue weighted by atomic mass is 32.2. The Labute approximate surface area is 111 Å². The number of aryl methyl sites for hydroxylation is 1. The molecule has 5 nitrogen and oxygen atoms in total. The lowest BCUT2D eigenvalue weighted by molar-refractivity contribution is 0.678. The number of nitrogen functional groups attached to an aromatic ring is 1. The van der Waals surface area contributed by atoms with Gasteiger partial charge in [0, 0.05) is 41.3 Å². The summed E-state index contributed by atoms with van der Waals surface area (Å²) in [5, 5.41) is 3.27. The molecule has 0 aliphatic rings. The number of nitrogens with zero attached hydrogens (tertiary/aromatic N) is 2. The topological polar surface area (TPSA) is 80.9 Å². The SMILES string of the molecule is CCCc1nc(N)cc(NC(C)CCS(C)=O)n1. The van der Waals surface area contributed by atoms with Crippen molar-refractivity contribution in [3.8, 4) is 0 Å². The van der Waals surface area contributed by atoms with Gasteiger partial charge in [-0.2, -0.15) is 0 Å². The van der Waals surface area contributed by atoms with E-state index in [1.807, 2.05) is 6.92 Å². The first kappa shape index (κ1) is 14.9. The lowest BCUT2D eigenvalue weighted by Gasteiger charge is -2.14. The number of nitrogens with one attached hydrogen (secondary N) is 1. The van der Waals surface area contributed by atoms with Crippen LogP contribution in [0.1, 0.15) is 32.5 Å². The molecule has 1 aromatic heterocycles. The van der Waals surface area contributed by atoms with Crippen LogP contribution >= 0.6 is 0 Å². The molecule has 0 amide bonds. The monoisotopic (exact) mass is 270 g/mol. The van der Waals surface area contributed by atoms with E-state index >= 15 is 0 Å². The second-order valence-electron chi connectivity index (χ2n) is 4.46. The van der Waals surface area contributed by atoms with Crippen LogP contribution in [0.25, 0.3) is 0 Å². The van der Waals surface area contributed by atoms with Crippen LogP contribution in [0.2, 0.25) is 0 Å². The minimum absolute atomic E-state index is 0.220. The summed E-state index contributed by atoms with van der Waals surface area (Å²) in [5.41, 5.74) is 5.75. The zero-order chi connectivity index (χ0) is 13.5. The summed E-state index contributed by atoms with van der Waals surface area (Å²) in [6.45, 7) is 4.13. The third-order valence-electron chi connectivity index (χ3n) is 2.50. The normalized spacial score (nSPS) is 14.2. The van der Waals surface area contributed by atoms with E-state index < -0.39 is 10.8 Å². The second kappa shape index (κ2) is 7.31. The van der Waals surface area contributed by atoms with Crippen molar-refractivity contribution in [2.75, 3.05) is 23.1 Å². The van der Waals surface area contributed by atoms with Gasteiger partial charge in [0.15, 0.2) is 0 Å². The van der Waals surface area contributed by atoms with Gasteiger partial charge in [-0.15, -0.1) is 0 Å². The number of nitrogens with two attached hydrogens (primary N) is 1. The summed E-state index contributed by atoms with van der Waals surface area (Å²) >= 11 is 0. The van der Waals surface area contributed by atoms with Crippen LogP contribution in [0.4, 0.5) is 11.6 Å². The summed E-state index contributed by atoms with van der Waals surface area (Å²) in [6, 6.07) is 1.95. The Morgan fingerprint density at radius 2 is 2.22 bits per heavy atom. The molecule has 0 aromatic carbocycles. The van der Waals surface area contributed by atoms with Crippen LogP contribution in [0.3, 0.4) is 0 Å². The lowest BCUT2D eigenvalue weighted by atomic mass is 10.2. The largest absolute Gasteiger partial charge is 0.384 e. The third kappa shape index (κ3) is 5.44. The molecule has 0 aliphatic heterocycles. The first-order valence-corrected chi connectivity index (χ1v) is 7.94. The van der Waals surface area contributed by atoms with Gasteiger partial charge in [-0.05, 0) is 19.8 Å². The minimum atomic E-state index is -0.753. The number of hydrogen-bond donors (Lipinski definition) is 2. The van der Waals surface area contributed by atoms with E-state index in [0.717, 1.165) is 30.9 Å². The van der Waals surface area contributed by atoms with E-state index in [1.165, 1.54) is 0 Å². The first-order chi connectivity index (χ1) is 8.51. The molecule has 1 aromatic rings. The van der Waals surface area contributed by atoms with Crippen molar-refractivity contribution in [3.05, 3.63) is 11.9 Å². The standard InChI is InChI=1S/C12H22N4OS/c1-4-5-11-15-10(13)8-12(16-11)14-9(2)6-7-18(3)17/h8-9H,4-7H2,1-3H3,(H3,13,14,15,16). The maximum atomic E-state index is 11.0. The van der Waals surface area contributed by atoms with Crippen LogP contribution < -0.4 is 11.1 Å². The van der Waals surface area contributed by atoms with Gasteiger partial charge >= 0.3 is 0 Å². The average Bonchev–Trinajstić information content (AvgIpc) is 2.26. The molecular formula is C12H22N4OS. The molecule has 1 heterocycles. The highest BCUT2D eigenvalue weighted by Crippen LogP contribution is 2.11. The Balaban J connectivity index is 2.62. The maximum absolute atomic E-state index is 11.0. The van der Waals surface area contributed by atoms with E-state index in [4.69, 9.17) is 5.73 Å². The molecule has 2 atom stereocenters. The molecule has 1 rings (SSSR count). The van der Waals surface area contributed by atoms with Crippen molar-refractivity contribution in [3.63, 3.8) is 0 Å². The number of rotatable bonds is 7. The van der Waals surface area contributed by atoms with Crippen molar-refractivity contribution < 1.29 is 4.21 Å². The van der Waals surface area contributed by atoms with Crippen LogP contribution in [0.15, 0.2) is 6.07 Å². The fraction of sp³-hybridized carbons (Fsp3) is 0.667. The zero-order valence-corrected chi connectivity index (χ0v) is 12.1. The van der Waals surface area contributed by atoms with Gasteiger partial charge in [0.1, 0.15) is 17.5 Å². The molecule has 6 heteroatoms. The highest BCUT2D eigenvalue weighted by Gasteiger charge is 2.07. The second-order valence-corrected chi connectivity index (χ2v) is 6.01. The Hall–Kier alpha value is -1.17. The molecule has 0 saturated heterocycles. The van der Waals surface area contributed by atoms with E-state index in [1.54, 1.807) is 12.3 Å². The van der Waals surface area contributed by atoms with Gasteiger partial charge < -0.3 is 11.1 Å². The Bertz CT molecular complexity index is 411. The summed E-state index contributed by atoms with van der Waals surface area (Å²) in [5.74, 6) is 2.70. The lowest BCUT2D eigenvalue weighted by Crippen LogP contribution is -2.19. The molecule has 18 heavy (non-hydrogen) atoms. The van der Waals surface area contributed by atoms with Crippen molar-refractivity contribution >= 4 is 22.4 Å². The van der Waals surface area contributed by atoms with E-state index in [9.17, 15) is 4.21 Å². The van der Waals surface area contributed by atoms with Crippen LogP contribution in [-0.4, -0.2) is 32.2 Å². The van der Waals surface area contributed by atoms with Crippen LogP contribution in [-0.2, 0) is 17.2 Å². The Morgan fingerprint density at radius 3 is 2.83 bits per heavy atom. The molecule has 3 N–H and O–H groups in total. The molecule has 0 bridgehead atoms. The van der Waals surface area contributed by atoms with Crippen molar-refractivity contribution in [1.29, 1.82) is 0 Å². The minimum Gasteiger partial charge on any atom is -0.384 e. The quantitative estimate of drug-likeness (QED) is 0.786. The summed E-state index contributed by atoms with van der Waals surface area (Å²) < 4.78 is 11.0. The molecular weight excluding hydrogens is 248 g/mol. The molecule has 0 aliphatic carbocycles. The summed E-state index contributed by atoms with van der Waals surface area (Å²) in [4.78, 5) is 8.60. The summed E-state index contributed by atoms with van der Waals surface area (Å²) in [7, 11) is -0.753. The smallest absolute Gasteiger partial charge is 0.133 e. The van der Waals surface area contributed by atoms with Crippen molar-refractivity contribution in [2.45, 2.75) is 39.2 Å². The fourth-order valence-electron chi connectivity index (χ4n) is 1.59. The number of aromatic nitrogens is 2. The predicted octanol–water partition coefficient (Wildman–Crippen LogP) is 1.58. The predicted molar refractivity (Wildman–Crippen MR) is 77.1 cm³/mol. The van der Waals surface area contributed by atoms with E-state index in [2.05, 4.69) is 22.2 Å². The van der Waals surface area contributed by atoms with Crippen LogP contribution in [0, 0.1) is 0 Å². The first-order valence-electron chi connectivity index (χ1n) is 6.21. The van der Waals surface area contributed by atoms with E-state index in [0.29, 0.717) is 11.6 Å². The molecule has 0 fully saturated rings. The molecule has 102 valence electrons. The Kier molecular flexibility index (Phi) is 6.04. The molecule has 0 radical (unpaired) electrons. The summed E-state index contributed by atoms with van der Waals surface area (Å²) in [6.07, 6.45) is 4.38. The van der Waals surface area contributed by atoms with E-state index in [-0.39, 0.29) is 6.04 Å². The third-order valence-corrected chi connectivity index (χ3v) is 3.31. The molecule has 0 spiro atoms. The maximum Gasteiger partial charge on any atom is 0.133 e. The molecule has 2 unspecified atom stereocenters. The van der Waals surface area contributed by atoms with Gasteiger partial charge in [0.25, 0.3) is 0 Å². The van der Waals surface area contributed by atoms with Gasteiger partial charge in [-0.3, -0.25) is 4.21 Å². The number of hydrogen-bond acceptors (Lipinski definition) is 5. The van der Waals surface area contributed by atoms with Crippen molar-refractivity contribution in [1.82, 2.24) is 9.97 Å². The number of anilines is 2. The van der Waals surface area contributed by atoms with Gasteiger partial charge in [0.2, 0.25) is 0 Å². The average molecular weight is 270 g/mol. The Morgan fingerprint density at radius 1 is 1.50 bits per heavy atom. The molecule has 0 saturated carbocycles. The zero-order valence-electron chi connectivity index (χ0n) is 11.3. The highest BCUT2D eigenvalue weighted by molar-refractivity contribution is 7.84. The van der Waals surface area contributed by atoms with Gasteiger partial charge in [-0.25, -0.2) is 9.97 Å². The van der Waals surface area contributed by atoms with Crippen LogP contribution in [0.5, 0.6) is 0 Å². The van der Waals surface area contributed by atoms with Gasteiger partial charge in [0.05, 0.1) is 0 Å².